The summed E-state index contributed by atoms with van der Waals surface area (Å²) < 4.78 is 24.1. The van der Waals surface area contributed by atoms with Gasteiger partial charge < -0.3 is 18.9 Å². The number of methoxy groups -OCH3 is 1. The van der Waals surface area contributed by atoms with Crippen molar-refractivity contribution in [3.8, 4) is 23.0 Å². The molecule has 0 fully saturated rings. The highest BCUT2D eigenvalue weighted by molar-refractivity contribution is 6.07. The summed E-state index contributed by atoms with van der Waals surface area (Å²) in [6.45, 7) is 25.5. The molecule has 0 saturated carbocycles. The summed E-state index contributed by atoms with van der Waals surface area (Å²) in [5.41, 5.74) is 0.0686. The Kier molecular flexibility index (Phi) is 11.3. The van der Waals surface area contributed by atoms with Gasteiger partial charge in [-0.05, 0) is 95.2 Å². The molecule has 0 aromatic heterocycles. The van der Waals surface area contributed by atoms with Gasteiger partial charge in [-0.25, -0.2) is 0 Å². The van der Waals surface area contributed by atoms with Gasteiger partial charge in [-0.2, -0.15) is 0 Å². The van der Waals surface area contributed by atoms with Gasteiger partial charge in [0.25, 0.3) is 0 Å². The molecule has 2 rings (SSSR count). The van der Waals surface area contributed by atoms with E-state index in [-0.39, 0.29) is 11.8 Å². The summed E-state index contributed by atoms with van der Waals surface area (Å²) in [5, 5.41) is 0. The Morgan fingerprint density at radius 1 is 0.682 bits per heavy atom. The molecule has 0 saturated heterocycles. The Bertz CT molecular complexity index is 1380. The van der Waals surface area contributed by atoms with E-state index in [4.69, 9.17) is 18.9 Å². The van der Waals surface area contributed by atoms with Gasteiger partial charge in [0.2, 0.25) is 0 Å². The van der Waals surface area contributed by atoms with Crippen LogP contribution in [0.5, 0.6) is 23.0 Å². The molecule has 242 valence electrons. The molecule has 0 N–H and O–H groups in total. The number of allylic oxidation sites excluding steroid dienone is 1. The van der Waals surface area contributed by atoms with Gasteiger partial charge in [-0.3, -0.25) is 14.4 Å². The Morgan fingerprint density at radius 2 is 1.16 bits per heavy atom. The summed E-state index contributed by atoms with van der Waals surface area (Å²) >= 11 is 0. The highest BCUT2D eigenvalue weighted by Gasteiger charge is 2.38. The molecule has 0 aliphatic carbocycles. The van der Waals surface area contributed by atoms with Gasteiger partial charge in [-0.1, -0.05) is 48.5 Å². The maximum atomic E-state index is 13.4. The van der Waals surface area contributed by atoms with Gasteiger partial charge in [0.1, 0.15) is 23.0 Å². The summed E-state index contributed by atoms with van der Waals surface area (Å²) in [7, 11) is 1.61. The largest absolute Gasteiger partial charge is 0.496 e. The van der Waals surface area contributed by atoms with E-state index in [0.717, 1.165) is 12.0 Å². The van der Waals surface area contributed by atoms with Gasteiger partial charge in [0.15, 0.2) is 5.78 Å². The second-order valence-corrected chi connectivity index (χ2v) is 15.2. The lowest BCUT2D eigenvalue weighted by molar-refractivity contribution is -0.143. The Morgan fingerprint density at radius 3 is 1.59 bits per heavy atom. The van der Waals surface area contributed by atoms with Gasteiger partial charge >= 0.3 is 11.9 Å². The van der Waals surface area contributed by atoms with Crippen molar-refractivity contribution in [2.45, 2.75) is 107 Å². The number of hydrogen-bond acceptors (Lipinski definition) is 7. The zero-order valence-electron chi connectivity index (χ0n) is 29.2. The number of ether oxygens (including phenoxy) is 4. The first-order valence-corrected chi connectivity index (χ1v) is 15.2. The lowest BCUT2D eigenvalue weighted by Gasteiger charge is -2.34. The normalized spacial score (nSPS) is 12.7. The average molecular weight is 609 g/mol. The predicted octanol–water partition coefficient (Wildman–Crippen LogP) is 8.88. The van der Waals surface area contributed by atoms with Gasteiger partial charge in [0, 0.05) is 16.7 Å². The van der Waals surface area contributed by atoms with Crippen LogP contribution < -0.4 is 18.9 Å². The van der Waals surface area contributed by atoms with Crippen LogP contribution in [0.4, 0.5) is 0 Å². The first-order valence-electron chi connectivity index (χ1n) is 15.2. The van der Waals surface area contributed by atoms with Crippen LogP contribution in [-0.4, -0.2) is 31.4 Å². The van der Waals surface area contributed by atoms with E-state index in [0.29, 0.717) is 46.3 Å². The van der Waals surface area contributed by atoms with Gasteiger partial charge in [0.05, 0.1) is 30.1 Å². The minimum absolute atomic E-state index is 0.279. The van der Waals surface area contributed by atoms with Gasteiger partial charge in [-0.15, -0.1) is 0 Å². The third-order valence-electron chi connectivity index (χ3n) is 6.72. The van der Waals surface area contributed by atoms with Crippen molar-refractivity contribution < 1.29 is 33.3 Å². The summed E-state index contributed by atoms with van der Waals surface area (Å²) in [5.74, 6) is 0.706. The lowest BCUT2D eigenvalue weighted by Crippen LogP contribution is -2.29. The number of hydrogen-bond donors (Lipinski definition) is 0. The molecule has 0 atom stereocenters. The van der Waals surface area contributed by atoms with E-state index in [1.807, 2.05) is 27.7 Å². The van der Waals surface area contributed by atoms with Crippen LogP contribution in [-0.2, 0) is 20.4 Å². The standard InChI is InChI=1S/C37H52O7/c1-15-22-42-29-25(20-21-26(38)23-16-18-24(19-17-23)43-32(39)36(8,9)10)30(44-33(40)37(11,12)13)28(35(5,6)7)31(41-14)27(29)34(2,3)4/h16-21H,15,22H2,1-14H3. The first-order chi connectivity index (χ1) is 20.0. The molecule has 7 heteroatoms. The molecular formula is C37H52O7. The van der Waals surface area contributed by atoms with E-state index >= 15 is 0 Å². The molecule has 0 aliphatic rings. The van der Waals surface area contributed by atoms with Crippen molar-refractivity contribution >= 4 is 23.8 Å². The van der Waals surface area contributed by atoms with Crippen LogP contribution >= 0.6 is 0 Å². The molecule has 0 unspecified atom stereocenters. The molecule has 44 heavy (non-hydrogen) atoms. The number of ketones is 1. The van der Waals surface area contributed by atoms with E-state index < -0.39 is 27.6 Å². The quantitative estimate of drug-likeness (QED) is 0.122. The SMILES string of the molecule is CCCOc1c(C=CC(=O)c2ccc(OC(=O)C(C)(C)C)cc2)c(OC(=O)C(C)(C)C)c(C(C)(C)C)c(OC)c1C(C)(C)C. The number of carbonyl (C=O) groups is 3. The number of benzene rings is 2. The lowest BCUT2D eigenvalue weighted by atomic mass is 9.76. The van der Waals surface area contributed by atoms with Crippen LogP contribution in [0.1, 0.15) is 123 Å². The summed E-state index contributed by atoms with van der Waals surface area (Å²) in [6.07, 6.45) is 3.86. The topological polar surface area (TPSA) is 88.1 Å². The minimum atomic E-state index is -0.787. The van der Waals surface area contributed by atoms with Crippen molar-refractivity contribution in [1.82, 2.24) is 0 Å². The van der Waals surface area contributed by atoms with Crippen LogP contribution in [0.25, 0.3) is 6.08 Å². The van der Waals surface area contributed by atoms with Crippen molar-refractivity contribution in [2.75, 3.05) is 13.7 Å². The molecule has 2 aromatic carbocycles. The van der Waals surface area contributed by atoms with E-state index in [2.05, 4.69) is 20.8 Å². The van der Waals surface area contributed by atoms with Crippen molar-refractivity contribution in [3.63, 3.8) is 0 Å². The van der Waals surface area contributed by atoms with Crippen LogP contribution in [0.2, 0.25) is 0 Å². The molecule has 0 amide bonds. The molecule has 2 aromatic rings. The fourth-order valence-electron chi connectivity index (χ4n) is 4.33. The minimum Gasteiger partial charge on any atom is -0.496 e. The maximum Gasteiger partial charge on any atom is 0.316 e. The monoisotopic (exact) mass is 608 g/mol. The number of esters is 2. The zero-order valence-corrected chi connectivity index (χ0v) is 29.2. The zero-order chi connectivity index (χ0) is 33.8. The first kappa shape index (κ1) is 36.6. The van der Waals surface area contributed by atoms with Crippen molar-refractivity contribution in [3.05, 3.63) is 52.6 Å². The molecule has 7 nitrogen and oxygen atoms in total. The fraction of sp³-hybridized carbons (Fsp3) is 0.541. The maximum absolute atomic E-state index is 13.4. The highest BCUT2D eigenvalue weighted by atomic mass is 16.5. The predicted molar refractivity (Wildman–Crippen MR) is 176 cm³/mol. The van der Waals surface area contributed by atoms with Crippen LogP contribution in [0, 0.1) is 10.8 Å². The van der Waals surface area contributed by atoms with E-state index in [1.54, 1.807) is 79.0 Å². The van der Waals surface area contributed by atoms with E-state index in [9.17, 15) is 14.4 Å². The van der Waals surface area contributed by atoms with Crippen LogP contribution in [0.3, 0.4) is 0 Å². The fourth-order valence-corrected chi connectivity index (χ4v) is 4.33. The van der Waals surface area contributed by atoms with Crippen molar-refractivity contribution in [2.24, 2.45) is 10.8 Å². The van der Waals surface area contributed by atoms with Crippen LogP contribution in [0.15, 0.2) is 30.3 Å². The molecule has 0 radical (unpaired) electrons. The number of rotatable bonds is 9. The van der Waals surface area contributed by atoms with E-state index in [1.165, 1.54) is 6.08 Å². The van der Waals surface area contributed by atoms with Crippen molar-refractivity contribution in [1.29, 1.82) is 0 Å². The molecular weight excluding hydrogens is 556 g/mol. The third-order valence-corrected chi connectivity index (χ3v) is 6.72. The second-order valence-electron chi connectivity index (χ2n) is 15.2. The Hall–Kier alpha value is -3.61. The Labute approximate surface area is 264 Å². The second kappa shape index (κ2) is 13.6. The third kappa shape index (κ3) is 8.96. The summed E-state index contributed by atoms with van der Waals surface area (Å²) in [4.78, 5) is 39.1. The molecule has 0 spiro atoms. The summed E-state index contributed by atoms with van der Waals surface area (Å²) in [6, 6.07) is 6.42. The average Bonchev–Trinajstić information content (AvgIpc) is 2.88. The molecule has 0 aliphatic heterocycles. The smallest absolute Gasteiger partial charge is 0.316 e. The molecule has 0 heterocycles. The highest BCUT2D eigenvalue weighted by Crippen LogP contribution is 2.53. The number of carbonyl (C=O) groups excluding carboxylic acids is 3. The molecule has 0 bridgehead atoms. The Balaban J connectivity index is 2.85.